The van der Waals surface area contributed by atoms with Gasteiger partial charge in [0.25, 0.3) is 5.91 Å². The van der Waals surface area contributed by atoms with E-state index < -0.39 is 0 Å². The number of rotatable bonds is 3. The summed E-state index contributed by atoms with van der Waals surface area (Å²) in [6.45, 7) is 4.88. The number of hydrogen-bond acceptors (Lipinski definition) is 6. The van der Waals surface area contributed by atoms with Crippen molar-refractivity contribution < 1.29 is 14.1 Å². The molecule has 22 heavy (non-hydrogen) atoms. The largest absolute Gasteiger partial charge is 0.474 e. The van der Waals surface area contributed by atoms with Gasteiger partial charge in [0, 0.05) is 44.3 Å². The maximum Gasteiger partial charge on any atom is 0.276 e. The van der Waals surface area contributed by atoms with Gasteiger partial charge in [-0.2, -0.15) is 4.98 Å². The van der Waals surface area contributed by atoms with Crippen LogP contribution in [0.3, 0.4) is 0 Å². The molecule has 3 rings (SSSR count). The fourth-order valence-electron chi connectivity index (χ4n) is 2.48. The summed E-state index contributed by atoms with van der Waals surface area (Å²) in [4.78, 5) is 22.3. The third-order valence-electron chi connectivity index (χ3n) is 3.61. The van der Waals surface area contributed by atoms with E-state index >= 15 is 0 Å². The van der Waals surface area contributed by atoms with Crippen LogP contribution < -0.4 is 4.74 Å². The van der Waals surface area contributed by atoms with Gasteiger partial charge in [-0.15, -0.1) is 0 Å². The first kappa shape index (κ1) is 14.5. The number of aromatic nitrogens is 3. The van der Waals surface area contributed by atoms with Crippen LogP contribution in [0.2, 0.25) is 0 Å². The molecule has 1 fully saturated rings. The molecular weight excluding hydrogens is 284 g/mol. The lowest BCUT2D eigenvalue weighted by Crippen LogP contribution is -2.42. The smallest absolute Gasteiger partial charge is 0.276 e. The molecule has 7 heteroatoms. The van der Waals surface area contributed by atoms with Crippen molar-refractivity contribution in [2.45, 2.75) is 32.8 Å². The maximum absolute atomic E-state index is 12.3. The molecule has 2 aromatic heterocycles. The molecule has 1 aliphatic rings. The van der Waals surface area contributed by atoms with E-state index in [0.717, 1.165) is 12.8 Å². The lowest BCUT2D eigenvalue weighted by molar-refractivity contribution is 0.0578. The minimum absolute atomic E-state index is 0.0670. The Bertz CT molecular complexity index is 662. The van der Waals surface area contributed by atoms with Gasteiger partial charge in [0.15, 0.2) is 5.69 Å². The zero-order chi connectivity index (χ0) is 15.5. The monoisotopic (exact) mass is 302 g/mol. The summed E-state index contributed by atoms with van der Waals surface area (Å²) in [6.07, 6.45) is 3.29. The third kappa shape index (κ3) is 3.24. The van der Waals surface area contributed by atoms with Crippen molar-refractivity contribution in [1.29, 1.82) is 0 Å². The number of ether oxygens (including phenoxy) is 1. The van der Waals surface area contributed by atoms with E-state index in [0.29, 0.717) is 36.2 Å². The molecule has 0 aromatic carbocycles. The zero-order valence-corrected chi connectivity index (χ0v) is 12.7. The molecule has 116 valence electrons. The number of aryl methyl sites for hydroxylation is 2. The highest BCUT2D eigenvalue weighted by molar-refractivity contribution is 5.92. The molecule has 1 saturated heterocycles. The van der Waals surface area contributed by atoms with Gasteiger partial charge in [0.1, 0.15) is 17.7 Å². The molecule has 2 aromatic rings. The average molecular weight is 302 g/mol. The zero-order valence-electron chi connectivity index (χ0n) is 12.7. The van der Waals surface area contributed by atoms with E-state index in [1.807, 2.05) is 6.92 Å². The van der Waals surface area contributed by atoms with Gasteiger partial charge in [0.05, 0.1) is 0 Å². The second-order valence-electron chi connectivity index (χ2n) is 5.37. The summed E-state index contributed by atoms with van der Waals surface area (Å²) in [5.74, 6) is 1.82. The van der Waals surface area contributed by atoms with Gasteiger partial charge in [0.2, 0.25) is 5.88 Å². The van der Waals surface area contributed by atoms with Crippen molar-refractivity contribution >= 4 is 5.91 Å². The summed E-state index contributed by atoms with van der Waals surface area (Å²) < 4.78 is 10.8. The van der Waals surface area contributed by atoms with Crippen LogP contribution in [0, 0.1) is 13.8 Å². The van der Waals surface area contributed by atoms with Crippen LogP contribution in [-0.2, 0) is 0 Å². The predicted octanol–water partition coefficient (Wildman–Crippen LogP) is 1.77. The molecule has 0 bridgehead atoms. The number of hydrogen-bond donors (Lipinski definition) is 0. The van der Waals surface area contributed by atoms with E-state index in [9.17, 15) is 4.79 Å². The van der Waals surface area contributed by atoms with Crippen LogP contribution in [0.4, 0.5) is 0 Å². The Labute approximate surface area is 128 Å². The van der Waals surface area contributed by atoms with E-state index in [4.69, 9.17) is 9.26 Å². The molecule has 3 heterocycles. The number of carbonyl (C=O) groups excluding carboxylic acids is 1. The van der Waals surface area contributed by atoms with Crippen molar-refractivity contribution in [1.82, 2.24) is 20.0 Å². The number of nitrogens with zero attached hydrogens (tertiary/aromatic N) is 4. The van der Waals surface area contributed by atoms with Gasteiger partial charge >= 0.3 is 0 Å². The lowest BCUT2D eigenvalue weighted by Gasteiger charge is -2.31. The summed E-state index contributed by atoms with van der Waals surface area (Å²) in [7, 11) is 0. The minimum atomic E-state index is -0.0896. The summed E-state index contributed by atoms with van der Waals surface area (Å²) in [6, 6.07) is 3.41. The Kier molecular flexibility index (Phi) is 4.04. The Hall–Kier alpha value is -2.44. The molecule has 0 spiro atoms. The first-order valence-electron chi connectivity index (χ1n) is 7.31. The Balaban J connectivity index is 1.55. The van der Waals surface area contributed by atoms with Crippen molar-refractivity contribution in [3.05, 3.63) is 35.6 Å². The van der Waals surface area contributed by atoms with Gasteiger partial charge < -0.3 is 14.2 Å². The lowest BCUT2D eigenvalue weighted by atomic mass is 10.1. The molecule has 7 nitrogen and oxygen atoms in total. The molecule has 0 N–H and O–H groups in total. The van der Waals surface area contributed by atoms with E-state index in [-0.39, 0.29) is 12.0 Å². The standard InChI is InChI=1S/C15H18N4O3/c1-10-9-13(18-22-10)15(20)19-7-4-12(5-8-19)21-14-3-6-16-11(2)17-14/h3,6,9,12H,4-5,7-8H2,1-2H3. The van der Waals surface area contributed by atoms with Crippen LogP contribution in [0.5, 0.6) is 5.88 Å². The van der Waals surface area contributed by atoms with Crippen molar-refractivity contribution in [3.8, 4) is 5.88 Å². The van der Waals surface area contributed by atoms with Crippen molar-refractivity contribution in [2.75, 3.05) is 13.1 Å². The first-order valence-corrected chi connectivity index (χ1v) is 7.31. The second-order valence-corrected chi connectivity index (χ2v) is 5.37. The highest BCUT2D eigenvalue weighted by Crippen LogP contribution is 2.18. The molecule has 0 radical (unpaired) electrons. The summed E-state index contributed by atoms with van der Waals surface area (Å²) in [5, 5.41) is 3.77. The molecular formula is C15H18N4O3. The number of likely N-dealkylation sites (tertiary alicyclic amines) is 1. The van der Waals surface area contributed by atoms with Crippen LogP contribution in [0.15, 0.2) is 22.9 Å². The maximum atomic E-state index is 12.3. The summed E-state index contributed by atoms with van der Waals surface area (Å²) in [5.41, 5.74) is 0.364. The molecule has 1 aliphatic heterocycles. The van der Waals surface area contributed by atoms with Gasteiger partial charge in [-0.05, 0) is 13.8 Å². The van der Waals surface area contributed by atoms with Crippen molar-refractivity contribution in [2.24, 2.45) is 0 Å². The van der Waals surface area contributed by atoms with E-state index in [2.05, 4.69) is 15.1 Å². The van der Waals surface area contributed by atoms with E-state index in [1.165, 1.54) is 0 Å². The van der Waals surface area contributed by atoms with Gasteiger partial charge in [-0.25, -0.2) is 4.98 Å². The average Bonchev–Trinajstić information content (AvgIpc) is 2.94. The SMILES string of the molecule is Cc1nccc(OC2CCN(C(=O)c3cc(C)on3)CC2)n1. The van der Waals surface area contributed by atoms with Gasteiger partial charge in [-0.3, -0.25) is 4.79 Å². The van der Waals surface area contributed by atoms with Crippen molar-refractivity contribution in [3.63, 3.8) is 0 Å². The third-order valence-corrected chi connectivity index (χ3v) is 3.61. The quantitative estimate of drug-likeness (QED) is 0.859. The number of piperidine rings is 1. The molecule has 0 aliphatic carbocycles. The Morgan fingerprint density at radius 2 is 2.14 bits per heavy atom. The van der Waals surface area contributed by atoms with Crippen LogP contribution >= 0.6 is 0 Å². The Morgan fingerprint density at radius 1 is 1.36 bits per heavy atom. The number of carbonyl (C=O) groups is 1. The fourth-order valence-corrected chi connectivity index (χ4v) is 2.48. The normalized spacial score (nSPS) is 15.8. The van der Waals surface area contributed by atoms with Crippen LogP contribution in [-0.4, -0.2) is 45.1 Å². The Morgan fingerprint density at radius 3 is 2.77 bits per heavy atom. The molecule has 0 saturated carbocycles. The van der Waals surface area contributed by atoms with Crippen LogP contribution in [0.1, 0.15) is 34.9 Å². The molecule has 0 unspecified atom stereocenters. The fraction of sp³-hybridized carbons (Fsp3) is 0.467. The number of amides is 1. The molecule has 0 atom stereocenters. The second kappa shape index (κ2) is 6.13. The first-order chi connectivity index (χ1) is 10.6. The highest BCUT2D eigenvalue weighted by atomic mass is 16.5. The predicted molar refractivity (Wildman–Crippen MR) is 77.6 cm³/mol. The van der Waals surface area contributed by atoms with Gasteiger partial charge in [-0.1, -0.05) is 5.16 Å². The van der Waals surface area contributed by atoms with Crippen LogP contribution in [0.25, 0.3) is 0 Å². The minimum Gasteiger partial charge on any atom is -0.474 e. The highest BCUT2D eigenvalue weighted by Gasteiger charge is 2.26. The summed E-state index contributed by atoms with van der Waals surface area (Å²) >= 11 is 0. The topological polar surface area (TPSA) is 81.4 Å². The molecule has 1 amide bonds. The van der Waals surface area contributed by atoms with E-state index in [1.54, 1.807) is 30.2 Å².